The Hall–Kier alpha value is -1.57. The van der Waals surface area contributed by atoms with Crippen molar-refractivity contribution < 1.29 is 13.2 Å². The van der Waals surface area contributed by atoms with E-state index in [1.165, 1.54) is 16.2 Å². The Labute approximate surface area is 124 Å². The summed E-state index contributed by atoms with van der Waals surface area (Å²) in [4.78, 5) is 11.1. The van der Waals surface area contributed by atoms with E-state index in [0.29, 0.717) is 10.2 Å². The molecule has 21 heavy (non-hydrogen) atoms. The summed E-state index contributed by atoms with van der Waals surface area (Å²) in [6, 6.07) is 1.50. The number of fused-ring (bicyclic) bond motifs is 1. The predicted molar refractivity (Wildman–Crippen MR) is 79.7 cm³/mol. The van der Waals surface area contributed by atoms with E-state index >= 15 is 0 Å². The van der Waals surface area contributed by atoms with Crippen LogP contribution in [0.2, 0.25) is 0 Å². The van der Waals surface area contributed by atoms with Crippen LogP contribution < -0.4 is 10.6 Å². The van der Waals surface area contributed by atoms with Crippen LogP contribution in [0.4, 0.5) is 24.9 Å². The maximum absolute atomic E-state index is 12.8. The van der Waals surface area contributed by atoms with Crippen LogP contribution >= 0.6 is 11.3 Å². The quantitative estimate of drug-likeness (QED) is 0.935. The van der Waals surface area contributed by atoms with Gasteiger partial charge in [-0.1, -0.05) is 6.92 Å². The monoisotopic (exact) mass is 318 g/mol. The molecule has 4 nitrogen and oxygen atoms in total. The standard InChI is InChI=1S/C13H17F3N4S/c1-4-8-5-9-10(18-12(17)19-11(9)21-8)20(7(2)3)6-13(14,15)16/h5,7H,4,6H2,1-3H3,(H2,17,18,19). The Bertz CT molecular complexity index is 636. The SMILES string of the molecule is CCc1cc2c(N(CC(F)(F)F)C(C)C)nc(N)nc2s1. The van der Waals surface area contributed by atoms with Gasteiger partial charge in [0.2, 0.25) is 5.95 Å². The summed E-state index contributed by atoms with van der Waals surface area (Å²) in [5, 5.41) is 0.629. The molecule has 0 saturated carbocycles. The van der Waals surface area contributed by atoms with Crippen molar-refractivity contribution in [2.45, 2.75) is 39.4 Å². The highest BCUT2D eigenvalue weighted by atomic mass is 32.1. The Morgan fingerprint density at radius 1 is 1.33 bits per heavy atom. The van der Waals surface area contributed by atoms with Crippen molar-refractivity contribution in [1.29, 1.82) is 0 Å². The van der Waals surface area contributed by atoms with Crippen LogP contribution in [0, 0.1) is 0 Å². The van der Waals surface area contributed by atoms with Crippen molar-refractivity contribution in [3.8, 4) is 0 Å². The summed E-state index contributed by atoms with van der Waals surface area (Å²) in [6.45, 7) is 4.32. The fourth-order valence-electron chi connectivity index (χ4n) is 2.06. The number of hydrogen-bond donors (Lipinski definition) is 1. The fourth-order valence-corrected chi connectivity index (χ4v) is 3.03. The van der Waals surface area contributed by atoms with Crippen LogP contribution in [0.3, 0.4) is 0 Å². The first-order valence-corrected chi connectivity index (χ1v) is 7.42. The van der Waals surface area contributed by atoms with Crippen LogP contribution in [-0.4, -0.2) is 28.7 Å². The molecule has 2 heterocycles. The minimum absolute atomic E-state index is 0.00479. The first-order chi connectivity index (χ1) is 9.71. The van der Waals surface area contributed by atoms with Crippen LogP contribution in [0.5, 0.6) is 0 Å². The summed E-state index contributed by atoms with van der Waals surface area (Å²) in [7, 11) is 0. The molecule has 0 bridgehead atoms. The number of aromatic nitrogens is 2. The van der Waals surface area contributed by atoms with Gasteiger partial charge in [-0.25, -0.2) is 4.98 Å². The van der Waals surface area contributed by atoms with Crippen LogP contribution in [0.1, 0.15) is 25.6 Å². The molecule has 0 aliphatic rings. The zero-order valence-corrected chi connectivity index (χ0v) is 12.8. The molecule has 2 aromatic rings. The summed E-state index contributed by atoms with van der Waals surface area (Å²) < 4.78 is 38.4. The van der Waals surface area contributed by atoms with Crippen molar-refractivity contribution in [2.75, 3.05) is 17.2 Å². The number of halogens is 3. The van der Waals surface area contributed by atoms with E-state index in [2.05, 4.69) is 9.97 Å². The number of nitrogens with two attached hydrogens (primary N) is 1. The lowest BCUT2D eigenvalue weighted by Gasteiger charge is -2.29. The number of thiophene rings is 1. The molecule has 0 atom stereocenters. The molecule has 2 rings (SSSR count). The van der Waals surface area contributed by atoms with E-state index in [9.17, 15) is 13.2 Å². The summed E-state index contributed by atoms with van der Waals surface area (Å²) in [5.41, 5.74) is 5.65. The average molecular weight is 318 g/mol. The molecule has 0 fully saturated rings. The van der Waals surface area contributed by atoms with Crippen molar-refractivity contribution in [3.05, 3.63) is 10.9 Å². The second-order valence-corrected chi connectivity index (χ2v) is 6.14. The minimum atomic E-state index is -4.31. The Morgan fingerprint density at radius 3 is 2.52 bits per heavy atom. The van der Waals surface area contributed by atoms with Gasteiger partial charge in [0.1, 0.15) is 17.2 Å². The van der Waals surface area contributed by atoms with Crippen LogP contribution in [0.25, 0.3) is 10.2 Å². The molecule has 0 spiro atoms. The van der Waals surface area contributed by atoms with Gasteiger partial charge in [0.15, 0.2) is 0 Å². The highest BCUT2D eigenvalue weighted by Gasteiger charge is 2.33. The van der Waals surface area contributed by atoms with Crippen molar-refractivity contribution >= 4 is 33.3 Å². The molecule has 0 aliphatic heterocycles. The van der Waals surface area contributed by atoms with Crippen LogP contribution in [0.15, 0.2) is 6.07 Å². The Morgan fingerprint density at radius 2 is 2.00 bits per heavy atom. The second kappa shape index (κ2) is 5.67. The van der Waals surface area contributed by atoms with Gasteiger partial charge >= 0.3 is 6.18 Å². The van der Waals surface area contributed by atoms with Gasteiger partial charge in [-0.2, -0.15) is 18.2 Å². The molecule has 2 N–H and O–H groups in total. The molecule has 0 amide bonds. The van der Waals surface area contributed by atoms with Gasteiger partial charge in [0.05, 0.1) is 5.39 Å². The highest BCUT2D eigenvalue weighted by Crippen LogP contribution is 2.34. The van der Waals surface area contributed by atoms with E-state index in [4.69, 9.17) is 5.73 Å². The smallest absolute Gasteiger partial charge is 0.368 e. The third kappa shape index (κ3) is 3.55. The van der Waals surface area contributed by atoms with Gasteiger partial charge < -0.3 is 10.6 Å². The van der Waals surface area contributed by atoms with Gasteiger partial charge in [0.25, 0.3) is 0 Å². The molecule has 8 heteroatoms. The number of anilines is 2. The Kier molecular flexibility index (Phi) is 4.27. The van der Waals surface area contributed by atoms with E-state index in [1.54, 1.807) is 13.8 Å². The van der Waals surface area contributed by atoms with Crippen molar-refractivity contribution in [1.82, 2.24) is 9.97 Å². The number of hydrogen-bond acceptors (Lipinski definition) is 5. The number of aryl methyl sites for hydroxylation is 1. The van der Waals surface area contributed by atoms with E-state index in [-0.39, 0.29) is 17.8 Å². The molecule has 0 saturated heterocycles. The Balaban J connectivity index is 2.58. The predicted octanol–water partition coefficient (Wildman–Crippen LogP) is 3.61. The van der Waals surface area contributed by atoms with Gasteiger partial charge in [-0.15, -0.1) is 11.3 Å². The van der Waals surface area contributed by atoms with E-state index in [0.717, 1.165) is 11.3 Å². The molecule has 116 valence electrons. The largest absolute Gasteiger partial charge is 0.405 e. The summed E-state index contributed by atoms with van der Waals surface area (Å²) in [6.07, 6.45) is -3.51. The maximum atomic E-state index is 12.8. The average Bonchev–Trinajstić information content (AvgIpc) is 2.76. The number of nitrogen functional groups attached to an aromatic ring is 1. The first-order valence-electron chi connectivity index (χ1n) is 6.60. The maximum Gasteiger partial charge on any atom is 0.405 e. The second-order valence-electron chi connectivity index (χ2n) is 5.03. The summed E-state index contributed by atoms with van der Waals surface area (Å²) in [5.74, 6) is 0.246. The molecule has 0 unspecified atom stereocenters. The topological polar surface area (TPSA) is 55.0 Å². The van der Waals surface area contributed by atoms with Crippen molar-refractivity contribution in [2.24, 2.45) is 0 Å². The lowest BCUT2D eigenvalue weighted by atomic mass is 10.2. The fraction of sp³-hybridized carbons (Fsp3) is 0.538. The summed E-state index contributed by atoms with van der Waals surface area (Å²) >= 11 is 1.43. The molecular formula is C13H17F3N4S. The van der Waals surface area contributed by atoms with E-state index < -0.39 is 12.7 Å². The third-order valence-corrected chi connectivity index (χ3v) is 4.21. The first kappa shape index (κ1) is 15.8. The van der Waals surface area contributed by atoms with E-state index in [1.807, 2.05) is 13.0 Å². The number of rotatable bonds is 4. The zero-order valence-electron chi connectivity index (χ0n) is 12.0. The lowest BCUT2D eigenvalue weighted by Crippen LogP contribution is -2.39. The third-order valence-electron chi connectivity index (χ3n) is 3.03. The molecule has 0 aromatic carbocycles. The normalized spacial score (nSPS) is 12.3. The molecule has 0 aliphatic carbocycles. The van der Waals surface area contributed by atoms with Gasteiger partial charge in [-0.3, -0.25) is 0 Å². The minimum Gasteiger partial charge on any atom is -0.368 e. The lowest BCUT2D eigenvalue weighted by molar-refractivity contribution is -0.120. The molecular weight excluding hydrogens is 301 g/mol. The molecule has 0 radical (unpaired) electrons. The van der Waals surface area contributed by atoms with Gasteiger partial charge in [0, 0.05) is 10.9 Å². The molecule has 2 aromatic heterocycles. The zero-order chi connectivity index (χ0) is 15.8. The number of nitrogens with zero attached hydrogens (tertiary/aromatic N) is 3. The highest BCUT2D eigenvalue weighted by molar-refractivity contribution is 7.18. The number of alkyl halides is 3. The van der Waals surface area contributed by atoms with Crippen molar-refractivity contribution in [3.63, 3.8) is 0 Å². The van der Waals surface area contributed by atoms with Crippen LogP contribution in [-0.2, 0) is 6.42 Å². The van der Waals surface area contributed by atoms with Gasteiger partial charge in [-0.05, 0) is 26.3 Å².